The molecule has 5 heteroatoms. The van der Waals surface area contributed by atoms with Crippen LogP contribution in [-0.4, -0.2) is 24.1 Å². The number of benzene rings is 5. The molecule has 0 saturated carbocycles. The lowest BCUT2D eigenvalue weighted by Crippen LogP contribution is -1.99. The molecule has 0 aliphatic rings. The molecular formula is C37H23N5. The third kappa shape index (κ3) is 3.22. The molecule has 0 saturated heterocycles. The maximum absolute atomic E-state index is 5.34. The van der Waals surface area contributed by atoms with Gasteiger partial charge >= 0.3 is 0 Å². The smallest absolute Gasteiger partial charge is 0.145 e. The molecule has 9 aromatic rings. The molecule has 196 valence electrons. The lowest BCUT2D eigenvalue weighted by Gasteiger charge is -2.13. The second-order valence-electron chi connectivity index (χ2n) is 10.6. The minimum atomic E-state index is 0.902. The average molecular weight is 538 g/mol. The Bertz CT molecular complexity index is 2450. The van der Waals surface area contributed by atoms with Crippen LogP contribution >= 0.6 is 0 Å². The van der Waals surface area contributed by atoms with Crippen LogP contribution in [0.1, 0.15) is 0 Å². The van der Waals surface area contributed by atoms with E-state index in [4.69, 9.17) is 4.98 Å². The molecule has 4 heterocycles. The number of imidazole rings is 1. The number of hydrogen-bond acceptors (Lipinski definition) is 3. The molecule has 0 aliphatic heterocycles. The van der Waals surface area contributed by atoms with Crippen LogP contribution in [0.5, 0.6) is 0 Å². The summed E-state index contributed by atoms with van der Waals surface area (Å²) in [6.45, 7) is 0. The van der Waals surface area contributed by atoms with Crippen molar-refractivity contribution in [2.45, 2.75) is 0 Å². The Labute approximate surface area is 241 Å². The molecule has 0 aliphatic carbocycles. The van der Waals surface area contributed by atoms with Crippen LogP contribution in [0.3, 0.4) is 0 Å². The van der Waals surface area contributed by atoms with Gasteiger partial charge < -0.3 is 4.57 Å². The highest BCUT2D eigenvalue weighted by Gasteiger charge is 2.21. The van der Waals surface area contributed by atoms with E-state index in [0.717, 1.165) is 55.3 Å². The average Bonchev–Trinajstić information content (AvgIpc) is 3.63. The van der Waals surface area contributed by atoms with E-state index in [1.54, 1.807) is 0 Å². The second kappa shape index (κ2) is 8.85. The number of aromatic nitrogens is 5. The molecule has 9 rings (SSSR count). The molecule has 0 amide bonds. The molecule has 0 atom stereocenters. The van der Waals surface area contributed by atoms with E-state index in [1.165, 1.54) is 21.8 Å². The van der Waals surface area contributed by atoms with Gasteiger partial charge in [0.2, 0.25) is 0 Å². The van der Waals surface area contributed by atoms with Crippen LogP contribution in [0.4, 0.5) is 0 Å². The topological polar surface area (TPSA) is 48.5 Å². The fourth-order valence-corrected chi connectivity index (χ4v) is 6.48. The lowest BCUT2D eigenvalue weighted by molar-refractivity contribution is 1.11. The summed E-state index contributed by atoms with van der Waals surface area (Å²) in [7, 11) is 0. The van der Waals surface area contributed by atoms with Crippen molar-refractivity contribution in [1.82, 2.24) is 24.1 Å². The Balaban J connectivity index is 1.44. The standard InChI is InChI=1S/C37H23N5/c1-3-9-24(10-4-1)37-40-35-28-17-19-38-22-31(28)32-23-39-20-18-29(32)36(35)42(37)26-15-16-34-30(21-26)27-13-7-8-14-33(27)41(34)25-11-5-2-6-12-25/h1-23H. The molecule has 0 fully saturated rings. The van der Waals surface area contributed by atoms with Gasteiger partial charge in [0.05, 0.1) is 22.1 Å². The zero-order chi connectivity index (χ0) is 27.6. The summed E-state index contributed by atoms with van der Waals surface area (Å²) in [5.74, 6) is 0.902. The van der Waals surface area contributed by atoms with Crippen LogP contribution in [-0.2, 0) is 0 Å². The molecule has 42 heavy (non-hydrogen) atoms. The van der Waals surface area contributed by atoms with Crippen LogP contribution in [0, 0.1) is 0 Å². The van der Waals surface area contributed by atoms with Crippen LogP contribution in [0.2, 0.25) is 0 Å². The van der Waals surface area contributed by atoms with E-state index in [1.807, 2.05) is 30.9 Å². The summed E-state index contributed by atoms with van der Waals surface area (Å²) in [5.41, 5.74) is 7.64. The van der Waals surface area contributed by atoms with Crippen molar-refractivity contribution in [2.75, 3.05) is 0 Å². The monoisotopic (exact) mass is 537 g/mol. The Morgan fingerprint density at radius 3 is 1.93 bits per heavy atom. The molecule has 5 nitrogen and oxygen atoms in total. The van der Waals surface area contributed by atoms with Gasteiger partial charge in [0.15, 0.2) is 0 Å². The Morgan fingerprint density at radius 2 is 1.12 bits per heavy atom. The number of fused-ring (bicyclic) bond motifs is 9. The highest BCUT2D eigenvalue weighted by Crippen LogP contribution is 2.40. The number of pyridine rings is 2. The fourth-order valence-electron chi connectivity index (χ4n) is 6.48. The minimum absolute atomic E-state index is 0.902. The number of para-hydroxylation sites is 2. The Kier molecular flexibility index (Phi) is 4.83. The van der Waals surface area contributed by atoms with E-state index in [0.29, 0.717) is 0 Å². The van der Waals surface area contributed by atoms with Crippen molar-refractivity contribution in [3.8, 4) is 22.8 Å². The molecule has 0 N–H and O–H groups in total. The third-order valence-corrected chi connectivity index (χ3v) is 8.28. The van der Waals surface area contributed by atoms with Gasteiger partial charge in [0.1, 0.15) is 5.82 Å². The Hall–Kier alpha value is -5.81. The van der Waals surface area contributed by atoms with Gasteiger partial charge in [-0.25, -0.2) is 4.98 Å². The van der Waals surface area contributed by atoms with E-state index in [-0.39, 0.29) is 0 Å². The third-order valence-electron chi connectivity index (χ3n) is 8.28. The summed E-state index contributed by atoms with van der Waals surface area (Å²) in [6.07, 6.45) is 7.56. The maximum atomic E-state index is 5.34. The second-order valence-corrected chi connectivity index (χ2v) is 10.6. The fraction of sp³-hybridized carbons (Fsp3) is 0. The lowest BCUT2D eigenvalue weighted by atomic mass is 10.0. The summed E-state index contributed by atoms with van der Waals surface area (Å²) in [4.78, 5) is 14.3. The molecular weight excluding hydrogens is 514 g/mol. The van der Waals surface area contributed by atoms with Gasteiger partial charge in [-0.15, -0.1) is 0 Å². The Morgan fingerprint density at radius 1 is 0.452 bits per heavy atom. The van der Waals surface area contributed by atoms with Gasteiger partial charge in [-0.05, 0) is 48.5 Å². The van der Waals surface area contributed by atoms with Gasteiger partial charge in [-0.3, -0.25) is 14.5 Å². The molecule has 0 radical (unpaired) electrons. The number of nitrogens with zero attached hydrogens (tertiary/aromatic N) is 5. The first-order valence-corrected chi connectivity index (χ1v) is 14.0. The summed E-state index contributed by atoms with van der Waals surface area (Å²) >= 11 is 0. The first kappa shape index (κ1) is 22.9. The summed E-state index contributed by atoms with van der Waals surface area (Å²) in [6, 6.07) is 40.6. The molecule has 0 spiro atoms. The van der Waals surface area contributed by atoms with E-state index in [2.05, 4.69) is 128 Å². The highest BCUT2D eigenvalue weighted by atomic mass is 15.1. The first-order valence-electron chi connectivity index (χ1n) is 14.0. The van der Waals surface area contributed by atoms with E-state index in [9.17, 15) is 0 Å². The summed E-state index contributed by atoms with van der Waals surface area (Å²) < 4.78 is 4.67. The zero-order valence-corrected chi connectivity index (χ0v) is 22.5. The van der Waals surface area contributed by atoms with Crippen molar-refractivity contribution in [1.29, 1.82) is 0 Å². The molecule has 4 aromatic heterocycles. The maximum Gasteiger partial charge on any atom is 0.145 e. The predicted molar refractivity (Wildman–Crippen MR) is 171 cm³/mol. The first-order chi connectivity index (χ1) is 20.9. The van der Waals surface area contributed by atoms with Crippen molar-refractivity contribution >= 4 is 54.4 Å². The zero-order valence-electron chi connectivity index (χ0n) is 22.5. The largest absolute Gasteiger partial charge is 0.309 e. The predicted octanol–water partition coefficient (Wildman–Crippen LogP) is 8.89. The van der Waals surface area contributed by atoms with Gasteiger partial charge in [-0.2, -0.15) is 0 Å². The SMILES string of the molecule is c1ccc(-c2nc3c4ccncc4c4cnccc4c3n2-c2ccc3c(c2)c2ccccc2n3-c2ccccc2)cc1. The van der Waals surface area contributed by atoms with Crippen LogP contribution in [0.25, 0.3) is 77.1 Å². The molecule has 5 aromatic carbocycles. The van der Waals surface area contributed by atoms with Crippen molar-refractivity contribution in [2.24, 2.45) is 0 Å². The van der Waals surface area contributed by atoms with Crippen molar-refractivity contribution in [3.05, 3.63) is 140 Å². The van der Waals surface area contributed by atoms with Gasteiger partial charge in [0.25, 0.3) is 0 Å². The quantitative estimate of drug-likeness (QED) is 0.212. The van der Waals surface area contributed by atoms with Crippen LogP contribution < -0.4 is 0 Å². The highest BCUT2D eigenvalue weighted by molar-refractivity contribution is 6.24. The summed E-state index contributed by atoms with van der Waals surface area (Å²) in [5, 5.41) is 6.70. The number of hydrogen-bond donors (Lipinski definition) is 0. The number of rotatable bonds is 3. The van der Waals surface area contributed by atoms with Crippen molar-refractivity contribution in [3.63, 3.8) is 0 Å². The minimum Gasteiger partial charge on any atom is -0.309 e. The molecule has 0 bridgehead atoms. The van der Waals surface area contributed by atoms with E-state index < -0.39 is 0 Å². The van der Waals surface area contributed by atoms with Gasteiger partial charge in [0, 0.05) is 74.0 Å². The van der Waals surface area contributed by atoms with Crippen molar-refractivity contribution < 1.29 is 0 Å². The molecule has 0 unspecified atom stereocenters. The van der Waals surface area contributed by atoms with Crippen LogP contribution in [0.15, 0.2) is 140 Å². The normalized spacial score (nSPS) is 11.8. The van der Waals surface area contributed by atoms with Gasteiger partial charge in [-0.1, -0.05) is 66.7 Å². The van der Waals surface area contributed by atoms with E-state index >= 15 is 0 Å².